The third kappa shape index (κ3) is 4.74. The highest BCUT2D eigenvalue weighted by Crippen LogP contribution is 2.39. The summed E-state index contributed by atoms with van der Waals surface area (Å²) in [6.07, 6.45) is 3.81. The van der Waals surface area contributed by atoms with Crippen molar-refractivity contribution in [1.29, 1.82) is 0 Å². The average molecular weight is 398 g/mol. The fourth-order valence-corrected chi connectivity index (χ4v) is 3.45. The lowest BCUT2D eigenvalue weighted by Gasteiger charge is -2.39. The molecule has 2 N–H and O–H groups in total. The zero-order valence-electron chi connectivity index (χ0n) is 17.1. The van der Waals surface area contributed by atoms with Gasteiger partial charge in [-0.15, -0.1) is 0 Å². The SMILES string of the molecule is CCCCC(CC)COC(=O)C(O)(C=O)C(O)(c1ccccc1)c1ccccc1. The van der Waals surface area contributed by atoms with Gasteiger partial charge in [0.2, 0.25) is 0 Å². The van der Waals surface area contributed by atoms with Crippen LogP contribution in [0.2, 0.25) is 0 Å². The van der Waals surface area contributed by atoms with Gasteiger partial charge in [-0.25, -0.2) is 4.79 Å². The quantitative estimate of drug-likeness (QED) is 0.343. The largest absolute Gasteiger partial charge is 0.463 e. The maximum absolute atomic E-state index is 12.9. The smallest absolute Gasteiger partial charge is 0.349 e. The van der Waals surface area contributed by atoms with Gasteiger partial charge in [0.15, 0.2) is 11.9 Å². The van der Waals surface area contributed by atoms with Crippen molar-refractivity contribution in [2.24, 2.45) is 5.92 Å². The molecule has 2 aromatic carbocycles. The van der Waals surface area contributed by atoms with Crippen molar-refractivity contribution in [3.05, 3.63) is 71.8 Å². The van der Waals surface area contributed by atoms with Crippen LogP contribution in [-0.4, -0.2) is 34.7 Å². The van der Waals surface area contributed by atoms with Crippen LogP contribution in [0, 0.1) is 5.92 Å². The molecule has 0 spiro atoms. The van der Waals surface area contributed by atoms with E-state index in [0.717, 1.165) is 25.7 Å². The van der Waals surface area contributed by atoms with Crippen LogP contribution in [0.15, 0.2) is 60.7 Å². The van der Waals surface area contributed by atoms with Crippen molar-refractivity contribution in [3.63, 3.8) is 0 Å². The molecular formula is C24H30O5. The van der Waals surface area contributed by atoms with Gasteiger partial charge in [-0.05, 0) is 23.5 Å². The van der Waals surface area contributed by atoms with E-state index in [0.29, 0.717) is 0 Å². The van der Waals surface area contributed by atoms with E-state index in [2.05, 4.69) is 6.92 Å². The summed E-state index contributed by atoms with van der Waals surface area (Å²) < 4.78 is 5.36. The number of esters is 1. The predicted molar refractivity (Wildman–Crippen MR) is 111 cm³/mol. The van der Waals surface area contributed by atoms with Crippen LogP contribution in [0.25, 0.3) is 0 Å². The molecule has 0 fully saturated rings. The number of ether oxygens (including phenoxy) is 1. The van der Waals surface area contributed by atoms with Gasteiger partial charge in [0.05, 0.1) is 6.61 Å². The Kier molecular flexibility index (Phi) is 8.11. The minimum Gasteiger partial charge on any atom is -0.463 e. The van der Waals surface area contributed by atoms with Crippen molar-refractivity contribution >= 4 is 12.3 Å². The number of aliphatic hydroxyl groups is 2. The molecule has 0 amide bonds. The highest BCUT2D eigenvalue weighted by Gasteiger charge is 2.58. The van der Waals surface area contributed by atoms with Gasteiger partial charge in [0.25, 0.3) is 5.60 Å². The van der Waals surface area contributed by atoms with Gasteiger partial charge < -0.3 is 14.9 Å². The van der Waals surface area contributed by atoms with Gasteiger partial charge in [-0.2, -0.15) is 0 Å². The minimum atomic E-state index is -2.79. The van der Waals surface area contributed by atoms with Gasteiger partial charge >= 0.3 is 5.97 Å². The summed E-state index contributed by atoms with van der Waals surface area (Å²) in [6.45, 7) is 4.18. The molecule has 29 heavy (non-hydrogen) atoms. The Morgan fingerprint density at radius 2 is 1.52 bits per heavy atom. The van der Waals surface area contributed by atoms with Crippen LogP contribution in [0.5, 0.6) is 0 Å². The second-order valence-corrected chi connectivity index (χ2v) is 7.34. The normalized spacial score (nSPS) is 14.6. The second kappa shape index (κ2) is 10.3. The molecule has 5 nitrogen and oxygen atoms in total. The van der Waals surface area contributed by atoms with E-state index in [1.807, 2.05) is 6.92 Å². The fourth-order valence-electron chi connectivity index (χ4n) is 3.45. The summed E-state index contributed by atoms with van der Waals surface area (Å²) in [7, 11) is 0. The topological polar surface area (TPSA) is 83.8 Å². The van der Waals surface area contributed by atoms with E-state index in [1.54, 1.807) is 60.7 Å². The number of carbonyl (C=O) groups excluding carboxylic acids is 2. The molecular weight excluding hydrogens is 368 g/mol. The molecule has 0 aromatic heterocycles. The number of rotatable bonds is 11. The molecule has 5 heteroatoms. The van der Waals surface area contributed by atoms with E-state index in [-0.39, 0.29) is 29.9 Å². The molecule has 0 saturated carbocycles. The summed E-state index contributed by atoms with van der Waals surface area (Å²) >= 11 is 0. The number of hydrogen-bond donors (Lipinski definition) is 2. The Bertz CT molecular complexity index is 735. The van der Waals surface area contributed by atoms with Gasteiger partial charge in [0.1, 0.15) is 0 Å². The third-order valence-corrected chi connectivity index (χ3v) is 5.41. The van der Waals surface area contributed by atoms with Crippen LogP contribution in [0.1, 0.15) is 50.7 Å². The molecule has 2 aromatic rings. The first-order valence-corrected chi connectivity index (χ1v) is 10.1. The minimum absolute atomic E-state index is 0.0718. The summed E-state index contributed by atoms with van der Waals surface area (Å²) in [5, 5.41) is 22.8. The third-order valence-electron chi connectivity index (χ3n) is 5.41. The van der Waals surface area contributed by atoms with Crippen LogP contribution >= 0.6 is 0 Å². The number of aldehydes is 1. The average Bonchev–Trinajstić information content (AvgIpc) is 2.79. The first kappa shape index (κ1) is 22.8. The number of hydrogen-bond acceptors (Lipinski definition) is 5. The highest BCUT2D eigenvalue weighted by molar-refractivity contribution is 5.99. The first-order valence-electron chi connectivity index (χ1n) is 10.1. The number of benzene rings is 2. The van der Waals surface area contributed by atoms with Gasteiger partial charge in [-0.3, -0.25) is 4.79 Å². The Balaban J connectivity index is 2.41. The maximum atomic E-state index is 12.9. The molecule has 0 aliphatic carbocycles. The summed E-state index contributed by atoms with van der Waals surface area (Å²) in [5.74, 6) is -1.02. The fraction of sp³-hybridized carbons (Fsp3) is 0.417. The van der Waals surface area contributed by atoms with E-state index < -0.39 is 17.2 Å². The van der Waals surface area contributed by atoms with Gasteiger partial charge in [0, 0.05) is 0 Å². The molecule has 0 radical (unpaired) electrons. The van der Waals surface area contributed by atoms with Crippen LogP contribution < -0.4 is 0 Å². The van der Waals surface area contributed by atoms with E-state index in [9.17, 15) is 19.8 Å². The summed E-state index contributed by atoms with van der Waals surface area (Å²) in [5.41, 5.74) is -4.65. The van der Waals surface area contributed by atoms with Crippen molar-refractivity contribution in [2.45, 2.75) is 50.7 Å². The van der Waals surface area contributed by atoms with Gasteiger partial charge in [-0.1, -0.05) is 93.8 Å². The van der Waals surface area contributed by atoms with Crippen molar-refractivity contribution < 1.29 is 24.5 Å². The Morgan fingerprint density at radius 1 is 1.00 bits per heavy atom. The molecule has 0 saturated heterocycles. The lowest BCUT2D eigenvalue weighted by atomic mass is 9.73. The lowest BCUT2D eigenvalue weighted by Crippen LogP contribution is -2.60. The monoisotopic (exact) mass is 398 g/mol. The second-order valence-electron chi connectivity index (χ2n) is 7.34. The zero-order chi connectivity index (χ0) is 21.3. The molecule has 0 aliphatic rings. The Hall–Kier alpha value is -2.50. The van der Waals surface area contributed by atoms with Crippen LogP contribution in [0.4, 0.5) is 0 Å². The zero-order valence-corrected chi connectivity index (χ0v) is 17.1. The van der Waals surface area contributed by atoms with Crippen molar-refractivity contribution in [1.82, 2.24) is 0 Å². The predicted octanol–water partition coefficient (Wildman–Crippen LogP) is 3.61. The molecule has 0 heterocycles. The number of unbranched alkanes of at least 4 members (excludes halogenated alkanes) is 1. The summed E-state index contributed by atoms with van der Waals surface area (Å²) in [6, 6.07) is 16.4. The Labute approximate surface area is 172 Å². The van der Waals surface area contributed by atoms with Crippen molar-refractivity contribution in [2.75, 3.05) is 6.61 Å². The van der Waals surface area contributed by atoms with Crippen LogP contribution in [-0.2, 0) is 19.9 Å². The lowest BCUT2D eigenvalue weighted by molar-refractivity contribution is -0.191. The highest BCUT2D eigenvalue weighted by atomic mass is 16.6. The standard InChI is InChI=1S/C24H30O5/c1-3-5-12-19(4-2)17-29-22(26)23(27,18-25)24(28,20-13-8-6-9-14-20)21-15-10-7-11-16-21/h6-11,13-16,18-19,27-28H,3-5,12,17H2,1-2H3. The molecule has 2 unspecified atom stereocenters. The molecule has 0 bridgehead atoms. The van der Waals surface area contributed by atoms with E-state index >= 15 is 0 Å². The number of carbonyl (C=O) groups is 2. The van der Waals surface area contributed by atoms with E-state index in [4.69, 9.17) is 4.74 Å². The van der Waals surface area contributed by atoms with E-state index in [1.165, 1.54) is 0 Å². The Morgan fingerprint density at radius 3 is 1.93 bits per heavy atom. The molecule has 0 aliphatic heterocycles. The molecule has 156 valence electrons. The van der Waals surface area contributed by atoms with Crippen molar-refractivity contribution in [3.8, 4) is 0 Å². The molecule has 2 atom stereocenters. The molecule has 2 rings (SSSR count). The van der Waals surface area contributed by atoms with Crippen LogP contribution in [0.3, 0.4) is 0 Å². The first-order chi connectivity index (χ1) is 13.9. The maximum Gasteiger partial charge on any atom is 0.349 e. The summed E-state index contributed by atoms with van der Waals surface area (Å²) in [4.78, 5) is 25.0.